The van der Waals surface area contributed by atoms with Crippen LogP contribution in [0, 0.1) is 11.7 Å². The van der Waals surface area contributed by atoms with Gasteiger partial charge in [-0.2, -0.15) is 0 Å². The van der Waals surface area contributed by atoms with Crippen LogP contribution in [0.3, 0.4) is 0 Å². The molecule has 0 aromatic heterocycles. The summed E-state index contributed by atoms with van der Waals surface area (Å²) in [4.78, 5) is 22.6. The fourth-order valence-electron chi connectivity index (χ4n) is 1.44. The minimum atomic E-state index is -1.01. The molecule has 2 N–H and O–H groups in total. The van der Waals surface area contributed by atoms with E-state index in [4.69, 9.17) is 9.84 Å². The molecule has 1 aromatic carbocycles. The van der Waals surface area contributed by atoms with E-state index in [1.807, 2.05) is 0 Å². The molecule has 0 heterocycles. The number of carboxylic acids is 1. The number of rotatable bonds is 5. The Morgan fingerprint density at radius 2 is 2.00 bits per heavy atom. The van der Waals surface area contributed by atoms with E-state index in [1.165, 1.54) is 26.2 Å². The van der Waals surface area contributed by atoms with Crippen LogP contribution < -0.4 is 10.1 Å². The van der Waals surface area contributed by atoms with Gasteiger partial charge in [-0.25, -0.2) is 4.39 Å². The molecule has 1 rings (SSSR count). The average Bonchev–Trinajstić information content (AvgIpc) is 2.37. The number of nitrogens with one attached hydrogen (secondary N) is 1. The Bertz CT molecular complexity index is 490. The van der Waals surface area contributed by atoms with E-state index >= 15 is 0 Å². The first-order valence-corrected chi connectivity index (χ1v) is 5.74. The first kappa shape index (κ1) is 14.9. The Morgan fingerprint density at radius 3 is 2.47 bits per heavy atom. The summed E-state index contributed by atoms with van der Waals surface area (Å²) < 4.78 is 18.2. The van der Waals surface area contributed by atoms with Crippen molar-refractivity contribution >= 4 is 11.9 Å². The number of carbonyl (C=O) groups is 2. The molecule has 19 heavy (non-hydrogen) atoms. The van der Waals surface area contributed by atoms with E-state index in [9.17, 15) is 14.0 Å². The molecule has 6 heteroatoms. The monoisotopic (exact) mass is 269 g/mol. The van der Waals surface area contributed by atoms with Crippen molar-refractivity contribution in [2.24, 2.45) is 5.92 Å². The predicted molar refractivity (Wildman–Crippen MR) is 66.7 cm³/mol. The van der Waals surface area contributed by atoms with E-state index in [0.717, 1.165) is 6.07 Å². The molecule has 5 nitrogen and oxygen atoms in total. The van der Waals surface area contributed by atoms with Crippen LogP contribution in [0.25, 0.3) is 0 Å². The number of amides is 1. The fourth-order valence-corrected chi connectivity index (χ4v) is 1.44. The Balaban J connectivity index is 2.78. The van der Waals surface area contributed by atoms with Gasteiger partial charge in [0.05, 0.1) is 13.0 Å². The van der Waals surface area contributed by atoms with Crippen molar-refractivity contribution in [2.45, 2.75) is 19.9 Å². The number of aliphatic carboxylic acids is 1. The molecule has 0 aliphatic carbocycles. The lowest BCUT2D eigenvalue weighted by molar-refractivity contribution is -0.141. The zero-order valence-electron chi connectivity index (χ0n) is 10.9. The maximum Gasteiger partial charge on any atom is 0.308 e. The van der Waals surface area contributed by atoms with Crippen LogP contribution in [0.1, 0.15) is 24.2 Å². The minimum Gasteiger partial charge on any atom is -0.494 e. The number of carbonyl (C=O) groups excluding carboxylic acids is 1. The Hall–Kier alpha value is -2.11. The molecular weight excluding hydrogens is 253 g/mol. The first-order valence-electron chi connectivity index (χ1n) is 5.74. The zero-order valence-corrected chi connectivity index (χ0v) is 10.9. The number of ether oxygens (including phenoxy) is 1. The number of benzene rings is 1. The van der Waals surface area contributed by atoms with E-state index in [2.05, 4.69) is 5.32 Å². The van der Waals surface area contributed by atoms with Crippen molar-refractivity contribution in [3.05, 3.63) is 29.6 Å². The minimum absolute atomic E-state index is 0.0449. The van der Waals surface area contributed by atoms with Crippen LogP contribution >= 0.6 is 0 Å². The molecule has 0 saturated heterocycles. The summed E-state index contributed by atoms with van der Waals surface area (Å²) in [6.07, 6.45) is 0. The van der Waals surface area contributed by atoms with Crippen LogP contribution in [0.5, 0.6) is 5.75 Å². The fraction of sp³-hybridized carbons (Fsp3) is 0.385. The van der Waals surface area contributed by atoms with Gasteiger partial charge in [-0.3, -0.25) is 9.59 Å². The largest absolute Gasteiger partial charge is 0.494 e. The van der Waals surface area contributed by atoms with Gasteiger partial charge in [-0.05, 0) is 32.0 Å². The number of halogens is 1. The van der Waals surface area contributed by atoms with Gasteiger partial charge in [0, 0.05) is 11.6 Å². The van der Waals surface area contributed by atoms with Gasteiger partial charge in [0.15, 0.2) is 11.6 Å². The highest BCUT2D eigenvalue weighted by Gasteiger charge is 2.21. The Labute approximate surface area is 110 Å². The zero-order chi connectivity index (χ0) is 14.6. The van der Waals surface area contributed by atoms with Crippen molar-refractivity contribution in [1.29, 1.82) is 0 Å². The van der Waals surface area contributed by atoms with Crippen LogP contribution in [0.4, 0.5) is 4.39 Å². The van der Waals surface area contributed by atoms with Crippen molar-refractivity contribution in [2.75, 3.05) is 7.11 Å². The van der Waals surface area contributed by atoms with Gasteiger partial charge in [0.25, 0.3) is 5.91 Å². The van der Waals surface area contributed by atoms with Gasteiger partial charge in [-0.15, -0.1) is 0 Å². The molecule has 2 unspecified atom stereocenters. The highest BCUT2D eigenvalue weighted by Crippen LogP contribution is 2.17. The summed E-state index contributed by atoms with van der Waals surface area (Å²) in [5.41, 5.74) is 0.114. The molecule has 0 bridgehead atoms. The van der Waals surface area contributed by atoms with Gasteiger partial charge >= 0.3 is 5.97 Å². The smallest absolute Gasteiger partial charge is 0.308 e. The molecule has 104 valence electrons. The van der Waals surface area contributed by atoms with E-state index in [1.54, 1.807) is 6.92 Å². The lowest BCUT2D eigenvalue weighted by atomic mass is 10.0. The summed E-state index contributed by atoms with van der Waals surface area (Å²) >= 11 is 0. The first-order chi connectivity index (χ1) is 8.86. The summed E-state index contributed by atoms with van der Waals surface area (Å²) in [5.74, 6) is -2.86. The third-order valence-electron chi connectivity index (χ3n) is 2.91. The van der Waals surface area contributed by atoms with E-state index in [0.29, 0.717) is 0 Å². The van der Waals surface area contributed by atoms with Crippen LogP contribution in [-0.2, 0) is 4.79 Å². The molecule has 0 spiro atoms. The molecule has 1 amide bonds. The predicted octanol–water partition coefficient (Wildman–Crippen LogP) is 1.67. The third-order valence-corrected chi connectivity index (χ3v) is 2.91. The number of methoxy groups -OCH3 is 1. The van der Waals surface area contributed by atoms with E-state index < -0.39 is 29.7 Å². The van der Waals surface area contributed by atoms with Gasteiger partial charge in [-0.1, -0.05) is 0 Å². The van der Waals surface area contributed by atoms with Crippen LogP contribution in [-0.4, -0.2) is 30.1 Å². The third kappa shape index (κ3) is 3.67. The number of hydrogen-bond donors (Lipinski definition) is 2. The maximum absolute atomic E-state index is 13.4. The van der Waals surface area contributed by atoms with Gasteiger partial charge in [0.2, 0.25) is 0 Å². The highest BCUT2D eigenvalue weighted by molar-refractivity contribution is 5.94. The summed E-state index contributed by atoms with van der Waals surface area (Å²) in [7, 11) is 1.33. The molecule has 0 radical (unpaired) electrons. The lowest BCUT2D eigenvalue weighted by Crippen LogP contribution is -2.40. The van der Waals surface area contributed by atoms with Gasteiger partial charge in [0.1, 0.15) is 0 Å². The van der Waals surface area contributed by atoms with Crippen molar-refractivity contribution < 1.29 is 23.8 Å². The van der Waals surface area contributed by atoms with Crippen molar-refractivity contribution in [3.8, 4) is 5.75 Å². The second kappa shape index (κ2) is 6.17. The van der Waals surface area contributed by atoms with Crippen molar-refractivity contribution in [3.63, 3.8) is 0 Å². The van der Waals surface area contributed by atoms with Crippen molar-refractivity contribution in [1.82, 2.24) is 5.32 Å². The summed E-state index contributed by atoms with van der Waals surface area (Å²) in [6.45, 7) is 3.07. The second-order valence-corrected chi connectivity index (χ2v) is 4.24. The number of carboxylic acid groups (broad SMARTS) is 1. The van der Waals surface area contributed by atoms with E-state index in [-0.39, 0.29) is 11.3 Å². The normalized spacial score (nSPS) is 13.5. The standard InChI is InChI=1S/C13H16FNO4/c1-7(13(17)18)8(2)15-12(16)9-4-5-11(19-3)10(14)6-9/h4-8H,1-3H3,(H,15,16)(H,17,18). The van der Waals surface area contributed by atoms with Crippen LogP contribution in [0.15, 0.2) is 18.2 Å². The molecule has 0 aliphatic heterocycles. The highest BCUT2D eigenvalue weighted by atomic mass is 19.1. The quantitative estimate of drug-likeness (QED) is 0.852. The number of hydrogen-bond acceptors (Lipinski definition) is 3. The summed E-state index contributed by atoms with van der Waals surface area (Å²) in [6, 6.07) is 3.24. The lowest BCUT2D eigenvalue weighted by Gasteiger charge is -2.17. The summed E-state index contributed by atoms with van der Waals surface area (Å²) in [5, 5.41) is 11.3. The molecule has 0 fully saturated rings. The maximum atomic E-state index is 13.4. The van der Waals surface area contributed by atoms with Gasteiger partial charge < -0.3 is 15.2 Å². The Morgan fingerprint density at radius 1 is 1.37 bits per heavy atom. The van der Waals surface area contributed by atoms with Crippen LogP contribution in [0.2, 0.25) is 0 Å². The average molecular weight is 269 g/mol. The molecule has 2 atom stereocenters. The topological polar surface area (TPSA) is 75.6 Å². The SMILES string of the molecule is COc1ccc(C(=O)NC(C)C(C)C(=O)O)cc1F. The Kier molecular flexibility index (Phi) is 4.86. The molecule has 1 aromatic rings. The molecule has 0 saturated carbocycles. The second-order valence-electron chi connectivity index (χ2n) is 4.24. The molecular formula is C13H16FNO4. The molecule has 0 aliphatic rings.